The fourth-order valence-electron chi connectivity index (χ4n) is 3.40. The van der Waals surface area contributed by atoms with E-state index in [-0.39, 0.29) is 5.78 Å². The SMILES string of the molecule is O=C(CN1CCn2ccnc2C1)c1ccc2c(c1)CCC2. The summed E-state index contributed by atoms with van der Waals surface area (Å²) in [4.78, 5) is 19.0. The number of Topliss-reactive ketones (excluding diaryl/α,β-unsaturated/α-hetero) is 1. The van der Waals surface area contributed by atoms with Crippen LogP contribution in [0.4, 0.5) is 0 Å². The van der Waals surface area contributed by atoms with Gasteiger partial charge in [0.15, 0.2) is 5.78 Å². The van der Waals surface area contributed by atoms with Gasteiger partial charge in [0.1, 0.15) is 5.82 Å². The number of carbonyl (C=O) groups excluding carboxylic acids is 1. The molecule has 0 atom stereocenters. The average molecular weight is 281 g/mol. The summed E-state index contributed by atoms with van der Waals surface area (Å²) < 4.78 is 2.16. The number of aryl methyl sites for hydroxylation is 2. The van der Waals surface area contributed by atoms with Crippen LogP contribution < -0.4 is 0 Å². The van der Waals surface area contributed by atoms with Crippen molar-refractivity contribution in [2.75, 3.05) is 13.1 Å². The molecule has 0 unspecified atom stereocenters. The van der Waals surface area contributed by atoms with Gasteiger partial charge in [-0.3, -0.25) is 9.69 Å². The Morgan fingerprint density at radius 2 is 2.10 bits per heavy atom. The number of imidazole rings is 1. The Bertz CT molecular complexity index is 689. The van der Waals surface area contributed by atoms with Crippen LogP contribution >= 0.6 is 0 Å². The van der Waals surface area contributed by atoms with Gasteiger partial charge >= 0.3 is 0 Å². The largest absolute Gasteiger partial charge is 0.333 e. The summed E-state index contributed by atoms with van der Waals surface area (Å²) in [6.07, 6.45) is 7.36. The fraction of sp³-hybridized carbons (Fsp3) is 0.412. The van der Waals surface area contributed by atoms with Gasteiger partial charge in [-0.2, -0.15) is 0 Å². The Kier molecular flexibility index (Phi) is 3.11. The van der Waals surface area contributed by atoms with Gasteiger partial charge in [0, 0.05) is 31.0 Å². The Hall–Kier alpha value is -1.94. The lowest BCUT2D eigenvalue weighted by atomic mass is 10.0. The van der Waals surface area contributed by atoms with Crippen LogP contribution in [0.25, 0.3) is 0 Å². The highest BCUT2D eigenvalue weighted by Gasteiger charge is 2.20. The lowest BCUT2D eigenvalue weighted by Crippen LogP contribution is -2.37. The molecule has 108 valence electrons. The minimum atomic E-state index is 0.227. The van der Waals surface area contributed by atoms with E-state index in [2.05, 4.69) is 26.6 Å². The summed E-state index contributed by atoms with van der Waals surface area (Å²) in [5, 5.41) is 0. The minimum absolute atomic E-state index is 0.227. The van der Waals surface area contributed by atoms with E-state index < -0.39 is 0 Å². The molecule has 0 fully saturated rings. The van der Waals surface area contributed by atoms with Crippen LogP contribution in [0.15, 0.2) is 30.6 Å². The Balaban J connectivity index is 1.47. The second kappa shape index (κ2) is 5.11. The van der Waals surface area contributed by atoms with Crippen LogP contribution in [0.3, 0.4) is 0 Å². The Morgan fingerprint density at radius 1 is 1.19 bits per heavy atom. The molecule has 1 aliphatic heterocycles. The molecule has 1 aliphatic carbocycles. The maximum atomic E-state index is 12.5. The van der Waals surface area contributed by atoms with Crippen LogP contribution in [0.2, 0.25) is 0 Å². The number of hydrogen-bond acceptors (Lipinski definition) is 3. The highest BCUT2D eigenvalue weighted by Crippen LogP contribution is 2.23. The van der Waals surface area contributed by atoms with Crippen molar-refractivity contribution in [3.8, 4) is 0 Å². The quantitative estimate of drug-likeness (QED) is 0.808. The second-order valence-corrected chi connectivity index (χ2v) is 6.01. The molecule has 2 heterocycles. The highest BCUT2D eigenvalue weighted by molar-refractivity contribution is 5.97. The smallest absolute Gasteiger partial charge is 0.176 e. The number of rotatable bonds is 3. The fourth-order valence-corrected chi connectivity index (χ4v) is 3.40. The topological polar surface area (TPSA) is 38.1 Å². The molecule has 1 aromatic heterocycles. The number of fused-ring (bicyclic) bond motifs is 2. The number of aromatic nitrogens is 2. The van der Waals surface area contributed by atoms with Gasteiger partial charge in [0.2, 0.25) is 0 Å². The molecule has 4 nitrogen and oxygen atoms in total. The summed E-state index contributed by atoms with van der Waals surface area (Å²) in [5.74, 6) is 1.28. The van der Waals surface area contributed by atoms with E-state index in [1.54, 1.807) is 0 Å². The van der Waals surface area contributed by atoms with Crippen molar-refractivity contribution in [3.05, 3.63) is 53.1 Å². The Labute approximate surface area is 124 Å². The highest BCUT2D eigenvalue weighted by atomic mass is 16.1. The molecular weight excluding hydrogens is 262 g/mol. The van der Waals surface area contributed by atoms with Crippen LogP contribution in [0.1, 0.15) is 33.7 Å². The van der Waals surface area contributed by atoms with Gasteiger partial charge in [-0.15, -0.1) is 0 Å². The number of hydrogen-bond donors (Lipinski definition) is 0. The number of benzene rings is 1. The summed E-state index contributed by atoms with van der Waals surface area (Å²) >= 11 is 0. The zero-order valence-corrected chi connectivity index (χ0v) is 12.1. The van der Waals surface area contributed by atoms with Gasteiger partial charge in [-0.1, -0.05) is 12.1 Å². The first-order chi connectivity index (χ1) is 10.3. The molecule has 1 aromatic carbocycles. The lowest BCUT2D eigenvalue weighted by molar-refractivity contribution is 0.0908. The van der Waals surface area contributed by atoms with Crippen molar-refractivity contribution in [1.82, 2.24) is 14.5 Å². The van der Waals surface area contributed by atoms with Gasteiger partial charge < -0.3 is 4.57 Å². The van der Waals surface area contributed by atoms with Crippen molar-refractivity contribution in [1.29, 1.82) is 0 Å². The standard InChI is InChI=1S/C17H19N3O/c21-16(15-5-4-13-2-1-3-14(13)10-15)11-19-8-9-20-7-6-18-17(20)12-19/h4-7,10H,1-3,8-9,11-12H2. The molecule has 0 radical (unpaired) electrons. The second-order valence-electron chi connectivity index (χ2n) is 6.01. The molecule has 0 bridgehead atoms. The van der Waals surface area contributed by atoms with Crippen LogP contribution in [0, 0.1) is 0 Å². The van der Waals surface area contributed by atoms with E-state index in [0.717, 1.165) is 37.4 Å². The molecule has 2 aliphatic rings. The van der Waals surface area contributed by atoms with Crippen molar-refractivity contribution >= 4 is 5.78 Å². The van der Waals surface area contributed by atoms with E-state index in [1.807, 2.05) is 18.5 Å². The third kappa shape index (κ3) is 2.40. The van der Waals surface area contributed by atoms with Gasteiger partial charge in [-0.25, -0.2) is 4.98 Å². The predicted octanol–water partition coefficient (Wildman–Crippen LogP) is 2.07. The van der Waals surface area contributed by atoms with Crippen molar-refractivity contribution in [3.63, 3.8) is 0 Å². The molecule has 21 heavy (non-hydrogen) atoms. The van der Waals surface area contributed by atoms with Gasteiger partial charge in [0.25, 0.3) is 0 Å². The number of carbonyl (C=O) groups is 1. The zero-order chi connectivity index (χ0) is 14.2. The lowest BCUT2D eigenvalue weighted by Gasteiger charge is -2.26. The van der Waals surface area contributed by atoms with Gasteiger partial charge in [0.05, 0.1) is 13.1 Å². The number of nitrogens with zero attached hydrogens (tertiary/aromatic N) is 3. The van der Waals surface area contributed by atoms with Crippen molar-refractivity contribution < 1.29 is 4.79 Å². The summed E-state index contributed by atoms with van der Waals surface area (Å²) in [7, 11) is 0. The van der Waals surface area contributed by atoms with Gasteiger partial charge in [-0.05, 0) is 36.5 Å². The summed E-state index contributed by atoms with van der Waals surface area (Å²) in [5.41, 5.74) is 3.66. The van der Waals surface area contributed by atoms with E-state index in [9.17, 15) is 4.79 Å². The molecule has 0 saturated heterocycles. The maximum absolute atomic E-state index is 12.5. The molecule has 2 aromatic rings. The van der Waals surface area contributed by atoms with Crippen molar-refractivity contribution in [2.24, 2.45) is 0 Å². The molecule has 0 N–H and O–H groups in total. The summed E-state index contributed by atoms with van der Waals surface area (Å²) in [6, 6.07) is 6.24. The van der Waals surface area contributed by atoms with E-state index in [0.29, 0.717) is 6.54 Å². The minimum Gasteiger partial charge on any atom is -0.333 e. The van der Waals surface area contributed by atoms with E-state index >= 15 is 0 Å². The third-order valence-electron chi connectivity index (χ3n) is 4.61. The predicted molar refractivity (Wildman–Crippen MR) is 80.3 cm³/mol. The first-order valence-electron chi connectivity index (χ1n) is 7.67. The normalized spacial score (nSPS) is 17.5. The maximum Gasteiger partial charge on any atom is 0.176 e. The first kappa shape index (κ1) is 12.8. The van der Waals surface area contributed by atoms with Crippen LogP contribution in [-0.2, 0) is 25.9 Å². The molecule has 0 spiro atoms. The first-order valence-corrected chi connectivity index (χ1v) is 7.67. The van der Waals surface area contributed by atoms with Crippen LogP contribution in [-0.4, -0.2) is 33.3 Å². The van der Waals surface area contributed by atoms with Crippen LogP contribution in [0.5, 0.6) is 0 Å². The monoisotopic (exact) mass is 281 g/mol. The molecule has 4 heteroatoms. The number of ketones is 1. The third-order valence-corrected chi connectivity index (χ3v) is 4.61. The van der Waals surface area contributed by atoms with Crippen molar-refractivity contribution in [2.45, 2.75) is 32.4 Å². The molecule has 4 rings (SSSR count). The molecular formula is C17H19N3O. The average Bonchev–Trinajstić information content (AvgIpc) is 3.14. The van der Waals surface area contributed by atoms with E-state index in [1.165, 1.54) is 24.0 Å². The summed E-state index contributed by atoms with van der Waals surface area (Å²) in [6.45, 7) is 3.10. The zero-order valence-electron chi connectivity index (χ0n) is 12.1. The molecule has 0 saturated carbocycles. The Morgan fingerprint density at radius 3 is 3.05 bits per heavy atom. The molecule has 0 amide bonds. The van der Waals surface area contributed by atoms with E-state index in [4.69, 9.17) is 0 Å².